The van der Waals surface area contributed by atoms with Crippen LogP contribution < -0.4 is 10.6 Å². The van der Waals surface area contributed by atoms with Crippen molar-refractivity contribution in [3.05, 3.63) is 0 Å². The number of hydrogen-bond donors (Lipinski definition) is 2. The van der Waals surface area contributed by atoms with Crippen molar-refractivity contribution in [2.24, 2.45) is 10.9 Å². The number of rotatable bonds is 5. The Labute approximate surface area is 164 Å². The molecule has 0 bridgehead atoms. The first-order valence-corrected chi connectivity index (χ1v) is 10.5. The van der Waals surface area contributed by atoms with Crippen LogP contribution in [0.25, 0.3) is 0 Å². The number of guanidine groups is 1. The second-order valence-corrected chi connectivity index (χ2v) is 8.72. The molecule has 2 heterocycles. The van der Waals surface area contributed by atoms with E-state index in [2.05, 4.69) is 32.3 Å². The van der Waals surface area contributed by atoms with E-state index in [4.69, 9.17) is 4.74 Å². The van der Waals surface area contributed by atoms with Gasteiger partial charge in [-0.1, -0.05) is 6.92 Å². The Morgan fingerprint density at radius 2 is 1.89 bits per heavy atom. The monoisotopic (exact) mass is 381 g/mol. The fourth-order valence-corrected chi connectivity index (χ4v) is 3.86. The Kier molecular flexibility index (Phi) is 8.20. The second kappa shape index (κ2) is 10.2. The molecule has 0 saturated carbocycles. The SMILES string of the molecule is CCN1CCC(CCNC(=NC)N2CCC(NC(=O)OC(C)(C)C)C2)CC1. The normalized spacial score (nSPS) is 22.8. The number of nitrogens with one attached hydrogen (secondary N) is 2. The quantitative estimate of drug-likeness (QED) is 0.565. The van der Waals surface area contributed by atoms with Gasteiger partial charge in [-0.05, 0) is 72.0 Å². The molecule has 0 aromatic rings. The first-order chi connectivity index (χ1) is 12.8. The third kappa shape index (κ3) is 7.56. The van der Waals surface area contributed by atoms with Gasteiger partial charge in [0.1, 0.15) is 5.60 Å². The lowest BCUT2D eigenvalue weighted by Gasteiger charge is -2.31. The van der Waals surface area contributed by atoms with Gasteiger partial charge in [-0.25, -0.2) is 4.79 Å². The zero-order chi connectivity index (χ0) is 19.9. The molecule has 2 fully saturated rings. The minimum absolute atomic E-state index is 0.108. The summed E-state index contributed by atoms with van der Waals surface area (Å²) in [4.78, 5) is 21.1. The van der Waals surface area contributed by atoms with E-state index in [9.17, 15) is 4.79 Å². The van der Waals surface area contributed by atoms with Crippen molar-refractivity contribution in [1.29, 1.82) is 0 Å². The first-order valence-electron chi connectivity index (χ1n) is 10.5. The van der Waals surface area contributed by atoms with E-state index < -0.39 is 5.60 Å². The molecule has 1 unspecified atom stereocenters. The van der Waals surface area contributed by atoms with Gasteiger partial charge < -0.3 is 25.2 Å². The van der Waals surface area contributed by atoms with Gasteiger partial charge in [0, 0.05) is 26.7 Å². The highest BCUT2D eigenvalue weighted by atomic mass is 16.6. The smallest absolute Gasteiger partial charge is 0.407 e. The summed E-state index contributed by atoms with van der Waals surface area (Å²) in [7, 11) is 1.83. The maximum Gasteiger partial charge on any atom is 0.407 e. The van der Waals surface area contributed by atoms with Crippen LogP contribution in [0.3, 0.4) is 0 Å². The fourth-order valence-electron chi connectivity index (χ4n) is 3.86. The highest BCUT2D eigenvalue weighted by Crippen LogP contribution is 2.19. The van der Waals surface area contributed by atoms with Crippen molar-refractivity contribution in [3.8, 4) is 0 Å². The summed E-state index contributed by atoms with van der Waals surface area (Å²) in [6.07, 6.45) is 4.38. The molecule has 2 rings (SSSR count). The van der Waals surface area contributed by atoms with Gasteiger partial charge in [-0.2, -0.15) is 0 Å². The minimum Gasteiger partial charge on any atom is -0.444 e. The van der Waals surface area contributed by atoms with Crippen LogP contribution in [0.1, 0.15) is 53.4 Å². The molecule has 0 spiro atoms. The molecule has 0 aromatic carbocycles. The standard InChI is InChI=1S/C20H39N5O2/c1-6-24-12-8-16(9-13-24)7-11-22-18(21-5)25-14-10-17(15-25)23-19(26)27-20(2,3)4/h16-17H,6-15H2,1-5H3,(H,21,22)(H,23,26). The van der Waals surface area contributed by atoms with Crippen molar-refractivity contribution in [3.63, 3.8) is 0 Å². The molecule has 7 heteroatoms. The fraction of sp³-hybridized carbons (Fsp3) is 0.900. The number of amides is 1. The Morgan fingerprint density at radius 1 is 1.19 bits per heavy atom. The summed E-state index contributed by atoms with van der Waals surface area (Å²) in [6, 6.07) is 0.108. The number of likely N-dealkylation sites (tertiary alicyclic amines) is 2. The number of nitrogens with zero attached hydrogens (tertiary/aromatic N) is 3. The van der Waals surface area contributed by atoms with Crippen molar-refractivity contribution in [1.82, 2.24) is 20.4 Å². The van der Waals surface area contributed by atoms with Crippen molar-refractivity contribution >= 4 is 12.1 Å². The first kappa shape index (κ1) is 21.8. The molecule has 1 amide bonds. The molecule has 2 saturated heterocycles. The van der Waals surface area contributed by atoms with E-state index in [1.54, 1.807) is 0 Å². The van der Waals surface area contributed by atoms with Gasteiger partial charge in [0.05, 0.1) is 6.04 Å². The number of carbonyl (C=O) groups excluding carboxylic acids is 1. The summed E-state index contributed by atoms with van der Waals surface area (Å²) >= 11 is 0. The number of aliphatic imine (C=N–C) groups is 1. The summed E-state index contributed by atoms with van der Waals surface area (Å²) in [5, 5.41) is 6.49. The Morgan fingerprint density at radius 3 is 2.48 bits per heavy atom. The molecule has 156 valence electrons. The Bertz CT molecular complexity index is 495. The predicted octanol–water partition coefficient (Wildman–Crippen LogP) is 2.28. The Hall–Kier alpha value is -1.50. The number of carbonyl (C=O) groups is 1. The average Bonchev–Trinajstić information content (AvgIpc) is 3.05. The van der Waals surface area contributed by atoms with E-state index in [1.165, 1.54) is 38.9 Å². The van der Waals surface area contributed by atoms with Gasteiger partial charge in [0.2, 0.25) is 0 Å². The van der Waals surface area contributed by atoms with Gasteiger partial charge >= 0.3 is 6.09 Å². The molecular weight excluding hydrogens is 342 g/mol. The van der Waals surface area contributed by atoms with Crippen molar-refractivity contribution in [2.75, 3.05) is 46.3 Å². The molecule has 27 heavy (non-hydrogen) atoms. The maximum atomic E-state index is 12.0. The highest BCUT2D eigenvalue weighted by Gasteiger charge is 2.28. The largest absolute Gasteiger partial charge is 0.444 e. The van der Waals surface area contributed by atoms with E-state index in [0.717, 1.165) is 37.9 Å². The lowest BCUT2D eigenvalue weighted by Crippen LogP contribution is -2.44. The molecule has 2 N–H and O–H groups in total. The summed E-state index contributed by atoms with van der Waals surface area (Å²) in [6.45, 7) is 14.2. The highest BCUT2D eigenvalue weighted by molar-refractivity contribution is 5.80. The number of hydrogen-bond acceptors (Lipinski definition) is 4. The van der Waals surface area contributed by atoms with E-state index >= 15 is 0 Å². The summed E-state index contributed by atoms with van der Waals surface area (Å²) in [5.74, 6) is 1.76. The van der Waals surface area contributed by atoms with Crippen LogP contribution >= 0.6 is 0 Å². The molecular formula is C20H39N5O2. The summed E-state index contributed by atoms with van der Waals surface area (Å²) < 4.78 is 5.35. The molecule has 0 aromatic heterocycles. The van der Waals surface area contributed by atoms with Gasteiger partial charge in [0.15, 0.2) is 5.96 Å². The lowest BCUT2D eigenvalue weighted by atomic mass is 9.93. The molecule has 0 aliphatic carbocycles. The Balaban J connectivity index is 1.68. The van der Waals surface area contributed by atoms with E-state index in [-0.39, 0.29) is 12.1 Å². The van der Waals surface area contributed by atoms with E-state index in [0.29, 0.717) is 0 Å². The maximum absolute atomic E-state index is 12.0. The van der Waals surface area contributed by atoms with Crippen LogP contribution in [0.5, 0.6) is 0 Å². The number of alkyl carbamates (subject to hydrolysis) is 1. The van der Waals surface area contributed by atoms with Gasteiger partial charge in [-0.3, -0.25) is 4.99 Å². The van der Waals surface area contributed by atoms with Crippen LogP contribution in [0.4, 0.5) is 4.79 Å². The third-order valence-electron chi connectivity index (χ3n) is 5.41. The zero-order valence-corrected chi connectivity index (χ0v) is 17.9. The second-order valence-electron chi connectivity index (χ2n) is 8.72. The average molecular weight is 382 g/mol. The molecule has 1 atom stereocenters. The number of ether oxygens (including phenoxy) is 1. The predicted molar refractivity (Wildman–Crippen MR) is 110 cm³/mol. The van der Waals surface area contributed by atoms with Crippen molar-refractivity contribution < 1.29 is 9.53 Å². The third-order valence-corrected chi connectivity index (χ3v) is 5.41. The van der Waals surface area contributed by atoms with Crippen LogP contribution in [0.15, 0.2) is 4.99 Å². The van der Waals surface area contributed by atoms with Gasteiger partial charge in [-0.15, -0.1) is 0 Å². The van der Waals surface area contributed by atoms with Crippen LogP contribution in [0.2, 0.25) is 0 Å². The minimum atomic E-state index is -0.465. The molecule has 0 radical (unpaired) electrons. The van der Waals surface area contributed by atoms with Gasteiger partial charge in [0.25, 0.3) is 0 Å². The zero-order valence-electron chi connectivity index (χ0n) is 17.9. The molecule has 2 aliphatic rings. The number of piperidine rings is 1. The molecule has 2 aliphatic heterocycles. The van der Waals surface area contributed by atoms with Crippen molar-refractivity contribution in [2.45, 2.75) is 65.0 Å². The molecule has 7 nitrogen and oxygen atoms in total. The summed E-state index contributed by atoms with van der Waals surface area (Å²) in [5.41, 5.74) is -0.465. The van der Waals surface area contributed by atoms with Crippen LogP contribution in [0, 0.1) is 5.92 Å². The van der Waals surface area contributed by atoms with E-state index in [1.807, 2.05) is 27.8 Å². The van der Waals surface area contributed by atoms with Crippen LogP contribution in [-0.2, 0) is 4.74 Å². The van der Waals surface area contributed by atoms with Crippen LogP contribution in [-0.4, -0.2) is 79.8 Å². The topological polar surface area (TPSA) is 69.2 Å². The lowest BCUT2D eigenvalue weighted by molar-refractivity contribution is 0.0507.